The van der Waals surface area contributed by atoms with E-state index in [2.05, 4.69) is 16.0 Å². The highest BCUT2D eigenvalue weighted by Crippen LogP contribution is 2.29. The van der Waals surface area contributed by atoms with E-state index in [1.165, 1.54) is 0 Å². The number of fused-ring (bicyclic) bond motifs is 1. The second kappa shape index (κ2) is 8.93. The first-order chi connectivity index (χ1) is 14.2. The molecule has 3 N–H and O–H groups in total. The van der Waals surface area contributed by atoms with Gasteiger partial charge in [-0.25, -0.2) is 9.59 Å². The van der Waals surface area contributed by atoms with Gasteiger partial charge in [-0.15, -0.1) is 0 Å². The summed E-state index contributed by atoms with van der Waals surface area (Å²) in [6.45, 7) is 0.955. The molecule has 152 valence electrons. The van der Waals surface area contributed by atoms with E-state index in [1.54, 1.807) is 12.1 Å². The molecule has 2 saturated heterocycles. The van der Waals surface area contributed by atoms with Crippen LogP contribution in [-0.4, -0.2) is 49.7 Å². The van der Waals surface area contributed by atoms with Gasteiger partial charge in [-0.3, -0.25) is 5.32 Å². The highest BCUT2D eigenvalue weighted by Gasteiger charge is 2.50. The largest absolute Gasteiger partial charge is 0.441 e. The number of hydrogen-bond donors (Lipinski definition) is 3. The maximum absolute atomic E-state index is 12.2. The van der Waals surface area contributed by atoms with Crippen molar-refractivity contribution < 1.29 is 23.8 Å². The normalized spacial score (nSPS) is 25.1. The summed E-state index contributed by atoms with van der Waals surface area (Å²) in [5, 5.41) is 8.37. The lowest BCUT2D eigenvalue weighted by molar-refractivity contribution is 0.00872. The van der Waals surface area contributed by atoms with Gasteiger partial charge in [0, 0.05) is 12.2 Å². The molecule has 3 amide bonds. The smallest absolute Gasteiger partial charge is 0.412 e. The third-order valence-corrected chi connectivity index (χ3v) is 4.90. The number of para-hydroxylation sites is 1. The Labute approximate surface area is 168 Å². The summed E-state index contributed by atoms with van der Waals surface area (Å²) in [7, 11) is 0. The first kappa shape index (κ1) is 19.2. The summed E-state index contributed by atoms with van der Waals surface area (Å²) < 4.78 is 16.9. The minimum absolute atomic E-state index is 0.224. The Morgan fingerprint density at radius 1 is 0.931 bits per heavy atom. The molecule has 29 heavy (non-hydrogen) atoms. The summed E-state index contributed by atoms with van der Waals surface area (Å²) in [4.78, 5) is 24.3. The first-order valence-electron chi connectivity index (χ1n) is 9.53. The van der Waals surface area contributed by atoms with Crippen LogP contribution in [0.25, 0.3) is 0 Å². The summed E-state index contributed by atoms with van der Waals surface area (Å²) in [5.74, 6) is 0. The van der Waals surface area contributed by atoms with Gasteiger partial charge in [-0.2, -0.15) is 0 Å². The Morgan fingerprint density at radius 2 is 1.62 bits per heavy atom. The second-order valence-corrected chi connectivity index (χ2v) is 6.95. The van der Waals surface area contributed by atoms with Crippen molar-refractivity contribution in [1.29, 1.82) is 0 Å². The van der Waals surface area contributed by atoms with E-state index in [4.69, 9.17) is 14.2 Å². The summed E-state index contributed by atoms with van der Waals surface area (Å²) in [6.07, 6.45) is -1.85. The van der Waals surface area contributed by atoms with E-state index < -0.39 is 18.3 Å². The van der Waals surface area contributed by atoms with Gasteiger partial charge in [0.1, 0.15) is 12.2 Å². The van der Waals surface area contributed by atoms with E-state index in [-0.39, 0.29) is 24.8 Å². The summed E-state index contributed by atoms with van der Waals surface area (Å²) in [6, 6.07) is 18.1. The van der Waals surface area contributed by atoms with Gasteiger partial charge in [-0.1, -0.05) is 48.5 Å². The van der Waals surface area contributed by atoms with Gasteiger partial charge < -0.3 is 24.8 Å². The number of amides is 3. The number of hydrogen-bond acceptors (Lipinski definition) is 5. The third kappa shape index (κ3) is 4.85. The molecule has 2 aliphatic heterocycles. The molecule has 2 heterocycles. The Hall–Kier alpha value is -3.10. The molecule has 0 bridgehead atoms. The van der Waals surface area contributed by atoms with Crippen molar-refractivity contribution in [3.05, 3.63) is 66.2 Å². The Kier molecular flexibility index (Phi) is 5.92. The predicted molar refractivity (Wildman–Crippen MR) is 105 cm³/mol. The summed E-state index contributed by atoms with van der Waals surface area (Å²) in [5.41, 5.74) is 1.66. The van der Waals surface area contributed by atoms with Gasteiger partial charge in [0.05, 0.1) is 19.3 Å². The van der Waals surface area contributed by atoms with E-state index in [9.17, 15) is 9.59 Å². The van der Waals surface area contributed by atoms with E-state index in [0.29, 0.717) is 18.8 Å². The number of nitrogens with one attached hydrogen (secondary N) is 3. The molecule has 4 atom stereocenters. The quantitative estimate of drug-likeness (QED) is 0.719. The van der Waals surface area contributed by atoms with Crippen molar-refractivity contribution in [2.45, 2.75) is 30.9 Å². The minimum Gasteiger partial charge on any atom is -0.441 e. The second-order valence-electron chi connectivity index (χ2n) is 6.95. The van der Waals surface area contributed by atoms with Gasteiger partial charge in [0.15, 0.2) is 6.10 Å². The van der Waals surface area contributed by atoms with Crippen LogP contribution in [0, 0.1) is 0 Å². The molecular formula is C21H23N3O5. The van der Waals surface area contributed by atoms with Crippen molar-refractivity contribution in [2.75, 3.05) is 18.5 Å². The van der Waals surface area contributed by atoms with Crippen molar-refractivity contribution in [3.63, 3.8) is 0 Å². The molecule has 0 aromatic heterocycles. The number of carbonyl (C=O) groups is 2. The van der Waals surface area contributed by atoms with Crippen molar-refractivity contribution in [2.24, 2.45) is 0 Å². The van der Waals surface area contributed by atoms with E-state index >= 15 is 0 Å². The van der Waals surface area contributed by atoms with Crippen molar-refractivity contribution >= 4 is 17.8 Å². The van der Waals surface area contributed by atoms with Crippen LogP contribution in [-0.2, 0) is 20.8 Å². The van der Waals surface area contributed by atoms with Crippen LogP contribution < -0.4 is 16.0 Å². The molecule has 0 aliphatic carbocycles. The van der Waals surface area contributed by atoms with Crippen molar-refractivity contribution in [3.8, 4) is 0 Å². The van der Waals surface area contributed by atoms with Gasteiger partial charge >= 0.3 is 12.1 Å². The number of ether oxygens (including phenoxy) is 3. The van der Waals surface area contributed by atoms with Crippen LogP contribution in [0.1, 0.15) is 5.56 Å². The minimum atomic E-state index is -0.564. The monoisotopic (exact) mass is 397 g/mol. The maximum atomic E-state index is 12.2. The molecule has 2 aliphatic rings. The molecule has 8 heteroatoms. The average molecular weight is 397 g/mol. The zero-order valence-electron chi connectivity index (χ0n) is 15.7. The van der Waals surface area contributed by atoms with Gasteiger partial charge in [0.2, 0.25) is 0 Å². The molecule has 2 fully saturated rings. The molecule has 0 spiro atoms. The van der Waals surface area contributed by atoms with E-state index in [0.717, 1.165) is 5.56 Å². The average Bonchev–Trinajstić information content (AvgIpc) is 3.31. The number of rotatable bonds is 5. The van der Waals surface area contributed by atoms with Crippen LogP contribution in [0.3, 0.4) is 0 Å². The molecule has 2 aromatic carbocycles. The SMILES string of the molecule is O=C(NCc1ccccc1)N[C@H]1CO[C@H]2[C@@H]1OC[C@H]2OC(=O)Nc1ccccc1. The maximum Gasteiger partial charge on any atom is 0.412 e. The molecule has 0 unspecified atom stereocenters. The molecule has 0 saturated carbocycles. The summed E-state index contributed by atoms with van der Waals surface area (Å²) >= 11 is 0. The highest BCUT2D eigenvalue weighted by atomic mass is 16.6. The van der Waals surface area contributed by atoms with Crippen LogP contribution >= 0.6 is 0 Å². The third-order valence-electron chi connectivity index (χ3n) is 4.90. The molecule has 0 radical (unpaired) electrons. The number of benzene rings is 2. The lowest BCUT2D eigenvalue weighted by Gasteiger charge is -2.18. The van der Waals surface area contributed by atoms with Crippen LogP contribution in [0.4, 0.5) is 15.3 Å². The Morgan fingerprint density at radius 3 is 2.38 bits per heavy atom. The standard InChI is InChI=1S/C21H23N3O5/c25-20(22-11-14-7-3-1-4-8-14)24-16-12-27-19-17(13-28-18(16)19)29-21(26)23-15-9-5-2-6-10-15/h1-10,16-19H,11-13H2,(H,23,26)(H2,22,24,25)/t16-,17+,18+,19+/m0/s1. The van der Waals surface area contributed by atoms with Crippen molar-refractivity contribution in [1.82, 2.24) is 10.6 Å². The highest BCUT2D eigenvalue weighted by molar-refractivity contribution is 5.84. The molecule has 8 nitrogen and oxygen atoms in total. The fourth-order valence-corrected chi connectivity index (χ4v) is 3.49. The Balaban J connectivity index is 1.24. The Bertz CT molecular complexity index is 833. The van der Waals surface area contributed by atoms with Gasteiger partial charge in [0.25, 0.3) is 0 Å². The zero-order valence-corrected chi connectivity index (χ0v) is 15.7. The number of urea groups is 1. The van der Waals surface area contributed by atoms with E-state index in [1.807, 2.05) is 48.5 Å². The molecule has 4 rings (SSSR count). The fourth-order valence-electron chi connectivity index (χ4n) is 3.49. The predicted octanol–water partition coefficient (Wildman–Crippen LogP) is 2.27. The zero-order chi connectivity index (χ0) is 20.1. The molecular weight excluding hydrogens is 374 g/mol. The first-order valence-corrected chi connectivity index (χ1v) is 9.53. The van der Waals surface area contributed by atoms with Crippen LogP contribution in [0.2, 0.25) is 0 Å². The fraction of sp³-hybridized carbons (Fsp3) is 0.333. The van der Waals surface area contributed by atoms with Crippen LogP contribution in [0.5, 0.6) is 0 Å². The van der Waals surface area contributed by atoms with Crippen LogP contribution in [0.15, 0.2) is 60.7 Å². The molecule has 2 aromatic rings. The lowest BCUT2D eigenvalue weighted by Crippen LogP contribution is -2.48. The van der Waals surface area contributed by atoms with Gasteiger partial charge in [-0.05, 0) is 17.7 Å². The topological polar surface area (TPSA) is 97.9 Å². The number of carbonyl (C=O) groups excluding carboxylic acids is 2. The lowest BCUT2D eigenvalue weighted by atomic mass is 10.1. The number of anilines is 1.